The summed E-state index contributed by atoms with van der Waals surface area (Å²) in [6, 6.07) is 6.31. The number of nitrogens with zero attached hydrogens (tertiary/aromatic N) is 4. The van der Waals surface area contributed by atoms with E-state index in [1.54, 1.807) is 18.2 Å². The van der Waals surface area contributed by atoms with Crippen molar-refractivity contribution in [3.05, 3.63) is 41.9 Å². The zero-order chi connectivity index (χ0) is 15.7. The van der Waals surface area contributed by atoms with Crippen LogP contribution in [0.3, 0.4) is 0 Å². The first-order valence-corrected chi connectivity index (χ1v) is 6.57. The summed E-state index contributed by atoms with van der Waals surface area (Å²) in [7, 11) is 0. The predicted molar refractivity (Wildman–Crippen MR) is 76.2 cm³/mol. The third-order valence-electron chi connectivity index (χ3n) is 2.98. The summed E-state index contributed by atoms with van der Waals surface area (Å²) in [4.78, 5) is 8.60. The Hall–Kier alpha value is -2.35. The van der Waals surface area contributed by atoms with E-state index in [4.69, 9.17) is 11.6 Å². The zero-order valence-corrected chi connectivity index (χ0v) is 11.7. The topological polar surface area (TPSA) is 57.7 Å². The molecule has 114 valence electrons. The normalized spacial score (nSPS) is 11.8. The highest BCUT2D eigenvalue weighted by Gasteiger charge is 2.33. The molecule has 1 N–H and O–H groups in total. The minimum atomic E-state index is -4.41. The highest BCUT2D eigenvalue weighted by Crippen LogP contribution is 2.33. The van der Waals surface area contributed by atoms with Crippen molar-refractivity contribution in [2.45, 2.75) is 6.18 Å². The lowest BCUT2D eigenvalue weighted by Crippen LogP contribution is -2.31. The molecule has 3 aromatic rings. The van der Waals surface area contributed by atoms with Crippen molar-refractivity contribution in [3.63, 3.8) is 0 Å². The van der Waals surface area contributed by atoms with Gasteiger partial charge in [-0.15, -0.1) is 0 Å². The molecule has 0 atom stereocenters. The molecule has 0 saturated carbocycles. The highest BCUT2D eigenvalue weighted by atomic mass is 35.5. The van der Waals surface area contributed by atoms with Crippen LogP contribution in [0.1, 0.15) is 0 Å². The Labute approximate surface area is 127 Å². The number of hydrogen-bond acceptors (Lipinski definition) is 4. The number of hydrogen-bond donors (Lipinski definition) is 1. The third-order valence-corrected chi connectivity index (χ3v) is 3.16. The van der Waals surface area contributed by atoms with Gasteiger partial charge < -0.3 is 4.90 Å². The first-order valence-electron chi connectivity index (χ1n) is 6.19. The first-order chi connectivity index (χ1) is 10.4. The first kappa shape index (κ1) is 14.6. The van der Waals surface area contributed by atoms with Gasteiger partial charge in [0.15, 0.2) is 0 Å². The molecule has 5 nitrogen and oxygen atoms in total. The van der Waals surface area contributed by atoms with Gasteiger partial charge in [-0.1, -0.05) is 6.07 Å². The average Bonchev–Trinajstić information content (AvgIpc) is 2.92. The molecule has 2 heterocycles. The number of H-pyrrole nitrogens is 1. The van der Waals surface area contributed by atoms with Crippen molar-refractivity contribution in [2.75, 3.05) is 11.4 Å². The van der Waals surface area contributed by atoms with E-state index in [1.165, 1.54) is 18.5 Å². The second-order valence-corrected chi connectivity index (χ2v) is 4.83. The van der Waals surface area contributed by atoms with E-state index in [1.807, 2.05) is 0 Å². The second kappa shape index (κ2) is 5.45. The minimum absolute atomic E-state index is 0.0611. The number of aromatic amines is 1. The number of fused-ring (bicyclic) bond motifs is 1. The van der Waals surface area contributed by atoms with Crippen molar-refractivity contribution in [1.82, 2.24) is 20.2 Å². The van der Waals surface area contributed by atoms with Crippen molar-refractivity contribution in [1.29, 1.82) is 0 Å². The van der Waals surface area contributed by atoms with Gasteiger partial charge in [-0.3, -0.25) is 5.10 Å². The smallest absolute Gasteiger partial charge is 0.316 e. The SMILES string of the molecule is FC(F)(F)CN(c1ccnc(Cl)n1)c1cccc2[nH]ncc12. The van der Waals surface area contributed by atoms with Gasteiger partial charge in [-0.2, -0.15) is 18.3 Å². The lowest BCUT2D eigenvalue weighted by molar-refractivity contribution is -0.118. The molecular formula is C13H9ClF3N5. The third kappa shape index (κ3) is 2.96. The molecule has 3 rings (SSSR count). The predicted octanol–water partition coefficient (Wildman–Crippen LogP) is 3.71. The van der Waals surface area contributed by atoms with Crippen molar-refractivity contribution >= 4 is 34.0 Å². The fourth-order valence-corrected chi connectivity index (χ4v) is 2.28. The monoisotopic (exact) mass is 327 g/mol. The molecule has 1 aromatic carbocycles. The second-order valence-electron chi connectivity index (χ2n) is 4.49. The zero-order valence-electron chi connectivity index (χ0n) is 11.0. The number of anilines is 2. The van der Waals surface area contributed by atoms with Crippen LogP contribution >= 0.6 is 11.6 Å². The maximum absolute atomic E-state index is 13.0. The molecule has 0 radical (unpaired) electrons. The van der Waals surface area contributed by atoms with E-state index in [2.05, 4.69) is 20.2 Å². The van der Waals surface area contributed by atoms with Crippen LogP contribution in [0.25, 0.3) is 10.9 Å². The largest absolute Gasteiger partial charge is 0.406 e. The molecule has 0 bridgehead atoms. The van der Waals surface area contributed by atoms with E-state index < -0.39 is 12.7 Å². The summed E-state index contributed by atoms with van der Waals surface area (Å²) in [5, 5.41) is 7.02. The molecule has 22 heavy (non-hydrogen) atoms. The molecule has 2 aromatic heterocycles. The summed E-state index contributed by atoms with van der Waals surface area (Å²) in [6.07, 6.45) is -1.64. The Balaban J connectivity index is 2.15. The highest BCUT2D eigenvalue weighted by molar-refractivity contribution is 6.28. The van der Waals surface area contributed by atoms with Gasteiger partial charge in [-0.25, -0.2) is 9.97 Å². The molecule has 0 spiro atoms. The molecule has 0 unspecified atom stereocenters. The fraction of sp³-hybridized carbons (Fsp3) is 0.154. The lowest BCUT2D eigenvalue weighted by atomic mass is 10.2. The fourth-order valence-electron chi connectivity index (χ4n) is 2.13. The minimum Gasteiger partial charge on any atom is -0.316 e. The van der Waals surface area contributed by atoms with E-state index >= 15 is 0 Å². The summed E-state index contributed by atoms with van der Waals surface area (Å²) >= 11 is 5.70. The molecule has 0 fully saturated rings. The maximum Gasteiger partial charge on any atom is 0.406 e. The molecule has 9 heteroatoms. The van der Waals surface area contributed by atoms with Gasteiger partial charge in [0.05, 0.1) is 17.4 Å². The van der Waals surface area contributed by atoms with E-state index in [0.717, 1.165) is 4.90 Å². The Bertz CT molecular complexity index is 801. The van der Waals surface area contributed by atoms with Gasteiger partial charge in [-0.05, 0) is 29.8 Å². The summed E-state index contributed by atoms with van der Waals surface area (Å²) < 4.78 is 38.9. The quantitative estimate of drug-likeness (QED) is 0.745. The summed E-state index contributed by atoms with van der Waals surface area (Å²) in [6.45, 7) is -1.20. The number of halogens is 4. The molecule has 0 saturated heterocycles. The van der Waals surface area contributed by atoms with Gasteiger partial charge >= 0.3 is 6.18 Å². The van der Waals surface area contributed by atoms with Gasteiger partial charge in [0.2, 0.25) is 5.28 Å². The van der Waals surface area contributed by atoms with Crippen molar-refractivity contribution in [3.8, 4) is 0 Å². The molecular weight excluding hydrogens is 319 g/mol. The van der Waals surface area contributed by atoms with Crippen molar-refractivity contribution in [2.24, 2.45) is 0 Å². The van der Waals surface area contributed by atoms with Crippen LogP contribution in [0.15, 0.2) is 36.7 Å². The molecule has 0 aliphatic rings. The van der Waals surface area contributed by atoms with Gasteiger partial charge in [0.1, 0.15) is 12.4 Å². The average molecular weight is 328 g/mol. The summed E-state index contributed by atoms with van der Waals surface area (Å²) in [5.41, 5.74) is 0.961. The van der Waals surface area contributed by atoms with Gasteiger partial charge in [0.25, 0.3) is 0 Å². The van der Waals surface area contributed by atoms with E-state index in [-0.39, 0.29) is 11.1 Å². The van der Waals surface area contributed by atoms with Crippen LogP contribution in [0.4, 0.5) is 24.7 Å². The molecule has 0 aliphatic heterocycles. The Morgan fingerprint density at radius 2 is 2.05 bits per heavy atom. The van der Waals surface area contributed by atoms with Gasteiger partial charge in [0, 0.05) is 11.6 Å². The number of nitrogens with one attached hydrogen (secondary N) is 1. The van der Waals surface area contributed by atoms with E-state index in [9.17, 15) is 13.2 Å². The van der Waals surface area contributed by atoms with Crippen molar-refractivity contribution < 1.29 is 13.2 Å². The lowest BCUT2D eigenvalue weighted by Gasteiger charge is -2.25. The van der Waals surface area contributed by atoms with Crippen LogP contribution in [0.2, 0.25) is 5.28 Å². The van der Waals surface area contributed by atoms with E-state index in [0.29, 0.717) is 16.6 Å². The number of aromatic nitrogens is 4. The Morgan fingerprint density at radius 1 is 1.23 bits per heavy atom. The number of alkyl halides is 3. The number of rotatable bonds is 3. The van der Waals surface area contributed by atoms with Crippen LogP contribution in [-0.4, -0.2) is 32.9 Å². The Morgan fingerprint density at radius 3 is 2.77 bits per heavy atom. The molecule has 0 aliphatic carbocycles. The van der Waals surface area contributed by atoms with Crippen LogP contribution in [-0.2, 0) is 0 Å². The molecule has 0 amide bonds. The van der Waals surface area contributed by atoms with Crippen LogP contribution in [0, 0.1) is 0 Å². The summed E-state index contributed by atoms with van der Waals surface area (Å²) in [5.74, 6) is 0.0611. The standard InChI is InChI=1S/C13H9ClF3N5/c14-12-18-5-4-11(20-12)22(7-13(15,16)17)10-3-1-2-9-8(10)6-19-21-9/h1-6H,7H2,(H,19,21). The number of benzene rings is 1. The Kier molecular flexibility index (Phi) is 3.61. The maximum atomic E-state index is 13.0. The van der Waals surface area contributed by atoms with Crippen LogP contribution in [0.5, 0.6) is 0 Å². The van der Waals surface area contributed by atoms with Crippen LogP contribution < -0.4 is 4.90 Å².